The van der Waals surface area contributed by atoms with Crippen molar-refractivity contribution in [3.8, 4) is 6.07 Å². The lowest BCUT2D eigenvalue weighted by Gasteiger charge is -2.22. The number of halogens is 4. The van der Waals surface area contributed by atoms with E-state index in [4.69, 9.17) is 16.9 Å². The van der Waals surface area contributed by atoms with Crippen LogP contribution in [-0.2, 0) is 17.5 Å². The highest BCUT2D eigenvalue weighted by atomic mass is 35.5. The molecular weight excluding hydrogens is 361 g/mol. The molecule has 6 nitrogen and oxygen atoms in total. The fourth-order valence-corrected chi connectivity index (χ4v) is 2.19. The minimum absolute atomic E-state index is 0.199. The van der Waals surface area contributed by atoms with Crippen molar-refractivity contribution in [2.24, 2.45) is 0 Å². The second-order valence-corrected chi connectivity index (χ2v) is 5.89. The number of nitrogens with one attached hydrogen (secondary N) is 1. The van der Waals surface area contributed by atoms with Crippen LogP contribution in [0.15, 0.2) is 30.6 Å². The number of anilines is 1. The van der Waals surface area contributed by atoms with Crippen LogP contribution < -0.4 is 5.32 Å². The number of aromatic nitrogens is 2. The lowest BCUT2D eigenvalue weighted by atomic mass is 10.0. The monoisotopic (exact) mass is 372 g/mol. The number of alkyl halides is 3. The van der Waals surface area contributed by atoms with Crippen LogP contribution >= 0.6 is 11.6 Å². The molecule has 132 valence electrons. The summed E-state index contributed by atoms with van der Waals surface area (Å²) in [5, 5.41) is 25.3. The highest BCUT2D eigenvalue weighted by molar-refractivity contribution is 6.30. The Morgan fingerprint density at radius 2 is 2.16 bits per heavy atom. The first-order valence-corrected chi connectivity index (χ1v) is 7.24. The summed E-state index contributed by atoms with van der Waals surface area (Å²) in [6.07, 6.45) is -2.06. The smallest absolute Gasteiger partial charge is 0.378 e. The lowest BCUT2D eigenvalue weighted by Crippen LogP contribution is -2.43. The van der Waals surface area contributed by atoms with Crippen LogP contribution in [0, 0.1) is 11.3 Å². The molecule has 1 aromatic heterocycles. The fraction of sp³-hybridized carbons (Fsp3) is 0.267. The Bertz CT molecular complexity index is 840. The Hall–Kier alpha value is -2.57. The molecule has 0 saturated heterocycles. The summed E-state index contributed by atoms with van der Waals surface area (Å²) in [5.74, 6) is -0.933. The Morgan fingerprint density at radius 1 is 1.48 bits per heavy atom. The number of amides is 1. The SMILES string of the molecule is C[C@](O)(Cn1cc(Cl)cn1)C(=O)Nc1ccc(C#N)c(C(F)(F)F)c1. The van der Waals surface area contributed by atoms with Gasteiger partial charge >= 0.3 is 6.18 Å². The first kappa shape index (κ1) is 18.8. The van der Waals surface area contributed by atoms with Crippen LogP contribution in [0.2, 0.25) is 5.02 Å². The number of benzene rings is 1. The molecular formula is C15H12ClF3N4O2. The van der Waals surface area contributed by atoms with Crippen LogP contribution in [0.25, 0.3) is 0 Å². The Kier molecular flexibility index (Phi) is 5.06. The second kappa shape index (κ2) is 6.74. The standard InChI is InChI=1S/C15H12ClF3N4O2/c1-14(25,8-23-7-10(16)6-21-23)13(24)22-11-3-2-9(5-20)12(4-11)15(17,18)19/h2-4,6-7,25H,8H2,1H3,(H,22,24)/t14-/m0/s1. The van der Waals surface area contributed by atoms with Gasteiger partial charge in [-0.1, -0.05) is 11.6 Å². The molecule has 25 heavy (non-hydrogen) atoms. The molecule has 0 bridgehead atoms. The predicted molar refractivity (Wildman–Crippen MR) is 82.6 cm³/mol. The van der Waals surface area contributed by atoms with E-state index in [2.05, 4.69) is 10.4 Å². The molecule has 1 atom stereocenters. The number of carbonyl (C=O) groups excluding carboxylic acids is 1. The molecule has 2 aromatic rings. The van der Waals surface area contributed by atoms with Crippen LogP contribution in [0.1, 0.15) is 18.1 Å². The van der Waals surface area contributed by atoms with Crippen LogP contribution in [0.3, 0.4) is 0 Å². The quantitative estimate of drug-likeness (QED) is 0.863. The van der Waals surface area contributed by atoms with E-state index in [9.17, 15) is 23.1 Å². The maximum absolute atomic E-state index is 12.9. The molecule has 2 rings (SSSR count). The van der Waals surface area contributed by atoms with Gasteiger partial charge in [0, 0.05) is 11.9 Å². The van der Waals surface area contributed by atoms with Gasteiger partial charge in [0.25, 0.3) is 5.91 Å². The molecule has 1 heterocycles. The average molecular weight is 373 g/mol. The van der Waals surface area contributed by atoms with E-state index in [1.807, 2.05) is 0 Å². The zero-order chi connectivity index (χ0) is 18.8. The molecule has 1 amide bonds. The summed E-state index contributed by atoms with van der Waals surface area (Å²) in [6, 6.07) is 4.17. The van der Waals surface area contributed by atoms with Gasteiger partial charge in [0.15, 0.2) is 5.60 Å². The summed E-state index contributed by atoms with van der Waals surface area (Å²) in [7, 11) is 0. The summed E-state index contributed by atoms with van der Waals surface area (Å²) in [5.41, 5.74) is -3.90. The third-order valence-electron chi connectivity index (χ3n) is 3.26. The molecule has 0 unspecified atom stereocenters. The van der Waals surface area contributed by atoms with Crippen molar-refractivity contribution < 1.29 is 23.1 Å². The van der Waals surface area contributed by atoms with Crippen LogP contribution in [0.4, 0.5) is 18.9 Å². The fourth-order valence-electron chi connectivity index (χ4n) is 2.03. The van der Waals surface area contributed by atoms with Gasteiger partial charge in [-0.15, -0.1) is 0 Å². The highest BCUT2D eigenvalue weighted by Gasteiger charge is 2.35. The average Bonchev–Trinajstić information content (AvgIpc) is 2.90. The van der Waals surface area contributed by atoms with E-state index in [1.165, 1.54) is 30.1 Å². The summed E-state index contributed by atoms with van der Waals surface area (Å²) in [6.45, 7) is 0.931. The largest absolute Gasteiger partial charge is 0.417 e. The summed E-state index contributed by atoms with van der Waals surface area (Å²) >= 11 is 5.69. The van der Waals surface area contributed by atoms with Gasteiger partial charge in [-0.3, -0.25) is 9.48 Å². The van der Waals surface area contributed by atoms with E-state index < -0.39 is 28.8 Å². The molecule has 0 aliphatic carbocycles. The van der Waals surface area contributed by atoms with Crippen molar-refractivity contribution >= 4 is 23.2 Å². The van der Waals surface area contributed by atoms with Crippen molar-refractivity contribution in [2.75, 3.05) is 5.32 Å². The third-order valence-corrected chi connectivity index (χ3v) is 3.46. The number of hydrogen-bond acceptors (Lipinski definition) is 4. The minimum Gasteiger partial charge on any atom is -0.378 e. The van der Waals surface area contributed by atoms with Gasteiger partial charge in [0.05, 0.1) is 35.0 Å². The molecule has 0 aliphatic rings. The molecule has 1 aromatic carbocycles. The van der Waals surface area contributed by atoms with Gasteiger partial charge in [0.1, 0.15) is 0 Å². The molecule has 10 heteroatoms. The minimum atomic E-state index is -4.75. The molecule has 0 saturated carbocycles. The lowest BCUT2D eigenvalue weighted by molar-refractivity contribution is -0.138. The zero-order valence-corrected chi connectivity index (χ0v) is 13.6. The Balaban J connectivity index is 2.21. The Labute approximate surface area is 145 Å². The summed E-state index contributed by atoms with van der Waals surface area (Å²) < 4.78 is 40.0. The van der Waals surface area contributed by atoms with E-state index in [-0.39, 0.29) is 12.2 Å². The highest BCUT2D eigenvalue weighted by Crippen LogP contribution is 2.33. The molecule has 0 fully saturated rings. The molecule has 0 spiro atoms. The zero-order valence-electron chi connectivity index (χ0n) is 12.8. The van der Waals surface area contributed by atoms with Crippen molar-refractivity contribution in [1.29, 1.82) is 5.26 Å². The normalized spacial score (nSPS) is 13.8. The van der Waals surface area contributed by atoms with E-state index in [1.54, 1.807) is 0 Å². The van der Waals surface area contributed by atoms with E-state index >= 15 is 0 Å². The number of nitriles is 1. The number of carbonyl (C=O) groups is 1. The van der Waals surface area contributed by atoms with Crippen molar-refractivity contribution in [1.82, 2.24) is 9.78 Å². The topological polar surface area (TPSA) is 90.9 Å². The van der Waals surface area contributed by atoms with E-state index in [0.29, 0.717) is 11.1 Å². The number of rotatable bonds is 4. The second-order valence-electron chi connectivity index (χ2n) is 5.45. The number of hydrogen-bond donors (Lipinski definition) is 2. The molecule has 0 aliphatic heterocycles. The Morgan fingerprint density at radius 3 is 2.68 bits per heavy atom. The van der Waals surface area contributed by atoms with Crippen molar-refractivity contribution in [3.63, 3.8) is 0 Å². The summed E-state index contributed by atoms with van der Waals surface area (Å²) in [4.78, 5) is 12.2. The molecule has 0 radical (unpaired) electrons. The van der Waals surface area contributed by atoms with Crippen LogP contribution in [0.5, 0.6) is 0 Å². The predicted octanol–water partition coefficient (Wildman–Crippen LogP) is 2.82. The van der Waals surface area contributed by atoms with Crippen molar-refractivity contribution in [2.45, 2.75) is 25.2 Å². The van der Waals surface area contributed by atoms with E-state index in [0.717, 1.165) is 12.1 Å². The first-order chi connectivity index (χ1) is 11.5. The maximum Gasteiger partial charge on any atom is 0.417 e. The number of nitrogens with zero attached hydrogens (tertiary/aromatic N) is 3. The van der Waals surface area contributed by atoms with Gasteiger partial charge in [-0.2, -0.15) is 23.5 Å². The van der Waals surface area contributed by atoms with Gasteiger partial charge in [0.2, 0.25) is 0 Å². The number of aliphatic hydroxyl groups is 1. The van der Waals surface area contributed by atoms with Gasteiger partial charge < -0.3 is 10.4 Å². The third kappa shape index (κ3) is 4.49. The van der Waals surface area contributed by atoms with Crippen LogP contribution in [-0.4, -0.2) is 26.4 Å². The molecule has 2 N–H and O–H groups in total. The first-order valence-electron chi connectivity index (χ1n) is 6.86. The van der Waals surface area contributed by atoms with Gasteiger partial charge in [-0.25, -0.2) is 0 Å². The van der Waals surface area contributed by atoms with Crippen molar-refractivity contribution in [3.05, 3.63) is 46.7 Å². The maximum atomic E-state index is 12.9. The van der Waals surface area contributed by atoms with Gasteiger partial charge in [-0.05, 0) is 25.1 Å².